The Kier molecular flexibility index (Phi) is 44.5. The number of ketones is 6. The second-order valence-electron chi connectivity index (χ2n) is 37.3. The van der Waals surface area contributed by atoms with Gasteiger partial charge in [-0.3, -0.25) is 72.2 Å². The van der Waals surface area contributed by atoms with Gasteiger partial charge in [-0.2, -0.15) is 0 Å². The molecule has 12 atom stereocenters. The Morgan fingerprint density at radius 1 is 0.340 bits per heavy atom. The highest BCUT2D eigenvalue weighted by Crippen LogP contribution is 2.34. The number of morpholine rings is 3. The fraction of sp³-hybridized carbons (Fsp3) is 0.455. The number of rotatable bonds is 53. The number of methoxy groups -OCH3 is 3. The summed E-state index contributed by atoms with van der Waals surface area (Å²) in [7, 11) is 4.71. The van der Waals surface area contributed by atoms with Gasteiger partial charge in [0.15, 0.2) is 34.7 Å². The van der Waals surface area contributed by atoms with Crippen LogP contribution in [-0.4, -0.2) is 308 Å². The van der Waals surface area contributed by atoms with Gasteiger partial charge in [0.2, 0.25) is 29.5 Å². The van der Waals surface area contributed by atoms with Crippen LogP contribution in [-0.2, 0) is 147 Å². The van der Waals surface area contributed by atoms with Crippen molar-refractivity contribution in [2.45, 2.75) is 145 Å². The minimum atomic E-state index is -1.17. The molecule has 8 aromatic rings. The van der Waals surface area contributed by atoms with Crippen LogP contribution in [0.25, 0.3) is 0 Å². The molecule has 0 spiro atoms. The number of amides is 5. The largest absolute Gasteiger partial charge is 0.497 e. The molecule has 0 aromatic heterocycles. The molecule has 6 aliphatic heterocycles. The van der Waals surface area contributed by atoms with E-state index in [0.717, 1.165) is 57.6 Å². The molecule has 9 N–H and O–H groups in total. The number of ether oxygens (including phenoxy) is 11. The van der Waals surface area contributed by atoms with E-state index < -0.39 is 107 Å². The maximum Gasteiger partial charge on any atom is 0.317 e. The van der Waals surface area contributed by atoms with Crippen molar-refractivity contribution in [3.8, 4) is 17.2 Å². The number of hydrogen-bond acceptors (Lipinski definition) is 28. The van der Waals surface area contributed by atoms with Crippen LogP contribution in [0.3, 0.4) is 0 Å². The Labute approximate surface area is 841 Å². The number of carbonyl (C=O) groups excluding carboxylic acids is 11. The molecule has 0 radical (unpaired) electrons. The minimum absolute atomic E-state index is 0.0371. The summed E-state index contributed by atoms with van der Waals surface area (Å²) < 4.78 is 59.4. The number of nitrogens with zero attached hydrogens (tertiary/aromatic N) is 3. The number of epoxide rings is 3. The number of hydrogen-bond donors (Lipinski definition) is 8. The Morgan fingerprint density at radius 2 is 0.604 bits per heavy atom. The van der Waals surface area contributed by atoms with Crippen molar-refractivity contribution in [3.05, 3.63) is 269 Å². The van der Waals surface area contributed by atoms with Crippen molar-refractivity contribution < 1.29 is 120 Å². The van der Waals surface area contributed by atoms with Crippen LogP contribution in [0, 0.1) is 17.8 Å². The fourth-order valence-corrected chi connectivity index (χ4v) is 16.6. The van der Waals surface area contributed by atoms with E-state index in [-0.39, 0.29) is 138 Å². The number of aliphatic carboxylic acids is 1. The quantitative estimate of drug-likeness (QED) is 0.0189. The number of nitrogens with one attached hydrogen (secondary N) is 5. The van der Waals surface area contributed by atoms with Crippen LogP contribution in [0.4, 0.5) is 0 Å². The molecule has 14 rings (SSSR count). The molecule has 6 aliphatic rings. The van der Waals surface area contributed by atoms with Crippen LogP contribution < -0.4 is 46.5 Å². The first kappa shape index (κ1) is 112. The molecule has 0 bridgehead atoms. The SMILES string of the molecule is COc1ccc(C[C@H](CC(=O)[C@@H](N)COCc2ccccc2)C(=O)N[C@@H](Cc2ccccc2)C(=O)[C@@]2(C)CO2)cc1.COc1ccc(C[C@H](CC(=O)[C@H](CO)NC(=O)CN2CCOCC2)C(=O)N[C@@H](Cc2ccccc2)C(=O)[C@@]2(C)CO2)cc1.COc1ccc(C[C@H](CC(=O)[C@H](COCc2ccccc2)NC(=O)CN2CCOCC2)C(=O)N[C@@H](Cc2ccccc2)C(=O)[C@@]2(C)CO2)cc1.O=C(O)CN1CCOCC1. The van der Waals surface area contributed by atoms with Gasteiger partial charge >= 0.3 is 5.97 Å². The highest BCUT2D eigenvalue weighted by Gasteiger charge is 2.53. The number of aliphatic hydroxyl groups is 1. The fourth-order valence-electron chi connectivity index (χ4n) is 16.6. The summed E-state index contributed by atoms with van der Waals surface area (Å²) in [4.78, 5) is 164. The Balaban J connectivity index is 0.000000197. The molecule has 5 amide bonds. The zero-order valence-corrected chi connectivity index (χ0v) is 82.9. The maximum atomic E-state index is 14.1. The summed E-state index contributed by atoms with van der Waals surface area (Å²) in [6.07, 6.45) is 1.05. The van der Waals surface area contributed by atoms with Crippen molar-refractivity contribution in [1.29, 1.82) is 0 Å². The smallest absolute Gasteiger partial charge is 0.317 e. The van der Waals surface area contributed by atoms with Gasteiger partial charge in [0.25, 0.3) is 0 Å². The lowest BCUT2D eigenvalue weighted by Crippen LogP contribution is -2.51. The molecular weight excluding hydrogens is 1850 g/mol. The number of carboxylic acid groups (broad SMARTS) is 1. The number of Topliss-reactive ketones (excluding diaryl/α,β-unsaturated/α-hetero) is 6. The summed E-state index contributed by atoms with van der Waals surface area (Å²) in [6, 6.07) is 63.7. The standard InChI is InChI=1S/C39H47N3O8.C33H38N2O6.C32H41N3O8.C6H11NO3/c1-39(27-50-39)37(45)33(22-28-9-5-3-6-10-28)41-38(46)31(21-29-13-15-32(47-2)16-14-29)23-35(43)34(26-49-25-30-11-7-4-8-12-30)40-36(44)24-42-17-19-48-20-18-42;1-33(22-41-33)31(37)29(18-23-9-5-3-6-10-23)35-32(38)26(17-24-13-15-27(39-2)16-14-24)19-30(36)28(34)21-40-20-25-11-7-4-8-12-25;1-32(21-43-32)30(39)26(17-22-6-4-3-5-7-22)34-31(40)24(16-23-8-10-25(41-2)11-9-23)18-28(37)27(20-36)33-29(38)19-35-12-14-42-15-13-35;8-6(9)5-7-1-3-10-4-2-7/h3-16,31,33-34H,17-27H2,1-2H3,(H,40,44)(H,41,46);3-16,26,28-29H,17-22,34H2,1-2H3,(H,35,38);3-11,24,26-27,36H,12-21H2,1-2H3,(H,33,38)(H,34,40);1-5H2,(H,8,9)/t31-,33+,34+,39-;26-,28+,29+,33-;24-,26+,27+,32-;/m111./s1. The average molecular weight is 1990 g/mol. The molecule has 0 aliphatic carbocycles. The maximum absolute atomic E-state index is 14.1. The van der Waals surface area contributed by atoms with Gasteiger partial charge in [-0.15, -0.1) is 0 Å². The van der Waals surface area contributed by atoms with Gasteiger partial charge in [-0.25, -0.2) is 0 Å². The Hall–Kier alpha value is -12.5. The van der Waals surface area contributed by atoms with E-state index in [1.165, 1.54) is 0 Å². The van der Waals surface area contributed by atoms with E-state index in [9.17, 15) is 62.6 Å². The first-order chi connectivity index (χ1) is 69.5. The van der Waals surface area contributed by atoms with E-state index in [2.05, 4.69) is 26.6 Å². The molecular formula is C110H137N9O25. The lowest BCUT2D eigenvalue weighted by molar-refractivity contribution is -0.139. The lowest BCUT2D eigenvalue weighted by atomic mass is 9.89. The number of aliphatic hydroxyl groups excluding tert-OH is 1. The predicted octanol–water partition coefficient (Wildman–Crippen LogP) is 6.49. The van der Waals surface area contributed by atoms with E-state index in [0.29, 0.717) is 109 Å². The van der Waals surface area contributed by atoms with Crippen LogP contribution in [0.2, 0.25) is 0 Å². The van der Waals surface area contributed by atoms with Crippen molar-refractivity contribution >= 4 is 70.2 Å². The third kappa shape index (κ3) is 37.6. The van der Waals surface area contributed by atoms with Gasteiger partial charge in [0, 0.05) is 76.3 Å². The van der Waals surface area contributed by atoms with Crippen molar-refractivity contribution in [3.63, 3.8) is 0 Å². The van der Waals surface area contributed by atoms with E-state index in [1.807, 2.05) is 215 Å². The van der Waals surface area contributed by atoms with E-state index >= 15 is 0 Å². The first-order valence-corrected chi connectivity index (χ1v) is 48.8. The van der Waals surface area contributed by atoms with Crippen LogP contribution >= 0.6 is 0 Å². The Morgan fingerprint density at radius 3 is 0.889 bits per heavy atom. The summed E-state index contributed by atoms with van der Waals surface area (Å²) in [6.45, 7) is 13.7. The molecule has 772 valence electrons. The molecule has 0 unspecified atom stereocenters. The molecule has 8 aromatic carbocycles. The molecule has 6 heterocycles. The minimum Gasteiger partial charge on any atom is -0.497 e. The van der Waals surface area contributed by atoms with Gasteiger partial charge < -0.3 is 94.6 Å². The molecule has 34 nitrogen and oxygen atoms in total. The van der Waals surface area contributed by atoms with E-state index in [1.54, 1.807) is 66.4 Å². The molecule has 6 saturated heterocycles. The summed E-state index contributed by atoms with van der Waals surface area (Å²) in [5.41, 5.74) is 10.4. The van der Waals surface area contributed by atoms with Crippen LogP contribution in [0.1, 0.15) is 84.5 Å². The van der Waals surface area contributed by atoms with E-state index in [4.69, 9.17) is 62.9 Å². The monoisotopic (exact) mass is 1980 g/mol. The molecule has 0 saturated carbocycles. The Bertz CT molecular complexity index is 5400. The number of carboxylic acids is 1. The average Bonchev–Trinajstić information content (AvgIpc) is 1.64. The zero-order chi connectivity index (χ0) is 103. The number of carbonyl (C=O) groups is 12. The molecule has 144 heavy (non-hydrogen) atoms. The summed E-state index contributed by atoms with van der Waals surface area (Å²) in [5, 5.41) is 32.7. The van der Waals surface area contributed by atoms with Crippen LogP contribution in [0.5, 0.6) is 17.2 Å². The number of benzene rings is 8. The van der Waals surface area contributed by atoms with Crippen molar-refractivity contribution in [2.24, 2.45) is 23.5 Å². The highest BCUT2D eigenvalue weighted by molar-refractivity contribution is 6.01. The van der Waals surface area contributed by atoms with Crippen LogP contribution in [0.15, 0.2) is 224 Å². The van der Waals surface area contributed by atoms with Gasteiger partial charge in [-0.1, -0.05) is 188 Å². The second-order valence-corrected chi connectivity index (χ2v) is 37.3. The third-order valence-electron chi connectivity index (χ3n) is 25.7. The van der Waals surface area contributed by atoms with Gasteiger partial charge in [0.05, 0.1) is 158 Å². The normalized spacial score (nSPS) is 19.3. The second kappa shape index (κ2) is 57.2. The third-order valence-corrected chi connectivity index (χ3v) is 25.7. The lowest BCUT2D eigenvalue weighted by Gasteiger charge is -2.27. The number of nitrogens with two attached hydrogens (primary N) is 1. The topological polar surface area (TPSA) is 453 Å². The molecule has 34 heteroatoms. The van der Waals surface area contributed by atoms with Crippen molar-refractivity contribution in [2.75, 3.05) is 160 Å². The van der Waals surface area contributed by atoms with Gasteiger partial charge in [0.1, 0.15) is 46.1 Å². The van der Waals surface area contributed by atoms with Gasteiger partial charge in [-0.05, 0) is 140 Å². The molecule has 6 fully saturated rings. The summed E-state index contributed by atoms with van der Waals surface area (Å²) >= 11 is 0. The van der Waals surface area contributed by atoms with Crippen molar-refractivity contribution in [1.82, 2.24) is 41.3 Å². The zero-order valence-electron chi connectivity index (χ0n) is 82.9. The first-order valence-electron chi connectivity index (χ1n) is 48.8. The predicted molar refractivity (Wildman–Crippen MR) is 534 cm³/mol. The highest BCUT2D eigenvalue weighted by atomic mass is 16.6. The summed E-state index contributed by atoms with van der Waals surface area (Å²) in [5.74, 6) is -4.95.